The fourth-order valence-electron chi connectivity index (χ4n) is 2.62. The molecule has 1 atom stereocenters. The van der Waals surface area contributed by atoms with E-state index in [9.17, 15) is 9.59 Å². The number of nitrogens with zero attached hydrogens (tertiary/aromatic N) is 2. The van der Waals surface area contributed by atoms with E-state index < -0.39 is 5.97 Å². The smallest absolute Gasteiger partial charge is 0.303 e. The quantitative estimate of drug-likeness (QED) is 0.669. The van der Waals surface area contributed by atoms with E-state index in [0.717, 1.165) is 45.7 Å². The molecule has 19 heavy (non-hydrogen) atoms. The molecule has 0 bridgehead atoms. The van der Waals surface area contributed by atoms with E-state index in [2.05, 4.69) is 4.90 Å². The summed E-state index contributed by atoms with van der Waals surface area (Å²) in [6, 6.07) is 0.503. The number of esters is 1. The van der Waals surface area contributed by atoms with Crippen LogP contribution in [-0.2, 0) is 19.1 Å². The zero-order valence-electron chi connectivity index (χ0n) is 11.5. The Morgan fingerprint density at radius 2 is 2.11 bits per heavy atom. The summed E-state index contributed by atoms with van der Waals surface area (Å²) in [5.41, 5.74) is 0. The van der Waals surface area contributed by atoms with Crippen molar-refractivity contribution in [3.8, 4) is 0 Å². The average Bonchev–Trinajstić information content (AvgIpc) is 2.80. The summed E-state index contributed by atoms with van der Waals surface area (Å²) in [6.45, 7) is 6.16. The molecule has 0 aliphatic carbocycles. The Bertz CT molecular complexity index is 329. The first kappa shape index (κ1) is 14.3. The fourth-order valence-corrected chi connectivity index (χ4v) is 2.62. The van der Waals surface area contributed by atoms with Crippen LogP contribution in [0.15, 0.2) is 0 Å². The first-order chi connectivity index (χ1) is 9.16. The highest BCUT2D eigenvalue weighted by atomic mass is 16.5. The van der Waals surface area contributed by atoms with Crippen LogP contribution in [0.5, 0.6) is 0 Å². The summed E-state index contributed by atoms with van der Waals surface area (Å²) >= 11 is 0. The van der Waals surface area contributed by atoms with Crippen molar-refractivity contribution in [3.63, 3.8) is 0 Å². The van der Waals surface area contributed by atoms with Crippen LogP contribution in [-0.4, -0.2) is 73.7 Å². The van der Waals surface area contributed by atoms with Crippen molar-refractivity contribution in [1.29, 1.82) is 0 Å². The third-order valence-electron chi connectivity index (χ3n) is 3.70. The molecule has 2 saturated heterocycles. The van der Waals surface area contributed by atoms with Crippen LogP contribution in [0.2, 0.25) is 0 Å². The van der Waals surface area contributed by atoms with Gasteiger partial charge in [-0.05, 0) is 12.8 Å². The van der Waals surface area contributed by atoms with E-state index in [0.29, 0.717) is 12.6 Å². The second-order valence-electron chi connectivity index (χ2n) is 5.07. The fraction of sp³-hybridized carbons (Fsp3) is 0.846. The van der Waals surface area contributed by atoms with Crippen LogP contribution in [0, 0.1) is 0 Å². The average molecular weight is 270 g/mol. The zero-order chi connectivity index (χ0) is 13.7. The van der Waals surface area contributed by atoms with E-state index in [1.807, 2.05) is 0 Å². The van der Waals surface area contributed by atoms with Crippen LogP contribution in [0.25, 0.3) is 0 Å². The SMILES string of the molecule is CC(=O)OCC(=O)N1CCCN(C2CCOC2)CC1. The standard InChI is InChI=1S/C13H22N2O4/c1-11(16)19-10-13(17)15-5-2-4-14(6-7-15)12-3-8-18-9-12/h12H,2-10H2,1H3. The van der Waals surface area contributed by atoms with Crippen molar-refractivity contribution < 1.29 is 19.1 Å². The van der Waals surface area contributed by atoms with E-state index in [4.69, 9.17) is 9.47 Å². The Balaban J connectivity index is 1.78. The predicted molar refractivity (Wildman–Crippen MR) is 68.6 cm³/mol. The van der Waals surface area contributed by atoms with Gasteiger partial charge in [0.1, 0.15) is 0 Å². The third-order valence-corrected chi connectivity index (χ3v) is 3.70. The molecule has 1 amide bonds. The highest BCUT2D eigenvalue weighted by molar-refractivity contribution is 5.80. The number of hydrogen-bond donors (Lipinski definition) is 0. The Morgan fingerprint density at radius 1 is 1.26 bits per heavy atom. The molecule has 0 spiro atoms. The molecule has 0 N–H and O–H groups in total. The minimum absolute atomic E-state index is 0.0975. The molecule has 0 aromatic rings. The van der Waals surface area contributed by atoms with Crippen LogP contribution in [0.4, 0.5) is 0 Å². The molecular formula is C13H22N2O4. The van der Waals surface area contributed by atoms with Gasteiger partial charge in [-0.15, -0.1) is 0 Å². The molecule has 0 aromatic heterocycles. The van der Waals surface area contributed by atoms with Crippen molar-refractivity contribution in [1.82, 2.24) is 9.80 Å². The van der Waals surface area contributed by atoms with Gasteiger partial charge in [-0.3, -0.25) is 14.5 Å². The van der Waals surface area contributed by atoms with Crippen molar-refractivity contribution in [2.24, 2.45) is 0 Å². The first-order valence-electron chi connectivity index (χ1n) is 6.90. The van der Waals surface area contributed by atoms with Gasteiger partial charge in [-0.25, -0.2) is 0 Å². The maximum Gasteiger partial charge on any atom is 0.303 e. The number of ether oxygens (including phenoxy) is 2. The molecule has 2 fully saturated rings. The molecule has 2 aliphatic rings. The molecule has 2 aliphatic heterocycles. The zero-order valence-corrected chi connectivity index (χ0v) is 11.5. The second kappa shape index (κ2) is 6.86. The Hall–Kier alpha value is -1.14. The third kappa shape index (κ3) is 4.18. The van der Waals surface area contributed by atoms with E-state index >= 15 is 0 Å². The van der Waals surface area contributed by atoms with Crippen molar-refractivity contribution in [3.05, 3.63) is 0 Å². The van der Waals surface area contributed by atoms with E-state index in [1.54, 1.807) is 4.90 Å². The van der Waals surface area contributed by atoms with Gasteiger partial charge in [-0.2, -0.15) is 0 Å². The van der Waals surface area contributed by atoms with Gasteiger partial charge < -0.3 is 14.4 Å². The summed E-state index contributed by atoms with van der Waals surface area (Å²) < 4.78 is 10.2. The van der Waals surface area contributed by atoms with Crippen LogP contribution >= 0.6 is 0 Å². The molecule has 0 radical (unpaired) electrons. The predicted octanol–water partition coefficient (Wildman–Crippen LogP) is -0.127. The number of carbonyl (C=O) groups excluding carboxylic acids is 2. The molecule has 108 valence electrons. The van der Waals surface area contributed by atoms with Gasteiger partial charge >= 0.3 is 5.97 Å². The number of amides is 1. The first-order valence-corrected chi connectivity index (χ1v) is 6.90. The van der Waals surface area contributed by atoms with Crippen LogP contribution in [0.3, 0.4) is 0 Å². The maximum absolute atomic E-state index is 11.9. The lowest BCUT2D eigenvalue weighted by molar-refractivity contribution is -0.150. The monoisotopic (exact) mass is 270 g/mol. The van der Waals surface area contributed by atoms with Gasteiger partial charge in [0.05, 0.1) is 6.61 Å². The topological polar surface area (TPSA) is 59.1 Å². The minimum atomic E-state index is -0.409. The minimum Gasteiger partial charge on any atom is -0.456 e. The molecule has 2 heterocycles. The Kier molecular flexibility index (Phi) is 5.15. The highest BCUT2D eigenvalue weighted by Crippen LogP contribution is 2.15. The van der Waals surface area contributed by atoms with Crippen LogP contribution < -0.4 is 0 Å². The summed E-state index contributed by atoms with van der Waals surface area (Å²) in [5.74, 6) is -0.507. The van der Waals surface area contributed by atoms with Gasteiger partial charge in [0.25, 0.3) is 5.91 Å². The summed E-state index contributed by atoms with van der Waals surface area (Å²) in [4.78, 5) is 26.8. The molecule has 0 aromatic carbocycles. The van der Waals surface area contributed by atoms with Crippen molar-refractivity contribution in [2.75, 3.05) is 46.0 Å². The Labute approximate surface area is 113 Å². The lowest BCUT2D eigenvalue weighted by Crippen LogP contribution is -2.40. The van der Waals surface area contributed by atoms with Crippen molar-refractivity contribution in [2.45, 2.75) is 25.8 Å². The lowest BCUT2D eigenvalue weighted by Gasteiger charge is -2.26. The molecule has 2 rings (SSSR count). The second-order valence-corrected chi connectivity index (χ2v) is 5.07. The Morgan fingerprint density at radius 3 is 2.79 bits per heavy atom. The highest BCUT2D eigenvalue weighted by Gasteiger charge is 2.26. The summed E-state index contributed by atoms with van der Waals surface area (Å²) in [5, 5.41) is 0. The molecule has 1 unspecified atom stereocenters. The molecular weight excluding hydrogens is 248 g/mol. The van der Waals surface area contributed by atoms with Crippen LogP contribution in [0.1, 0.15) is 19.8 Å². The van der Waals surface area contributed by atoms with Crippen molar-refractivity contribution >= 4 is 11.9 Å². The molecule has 6 heteroatoms. The number of rotatable bonds is 3. The van der Waals surface area contributed by atoms with E-state index in [1.165, 1.54) is 6.92 Å². The maximum atomic E-state index is 11.9. The molecule has 0 saturated carbocycles. The van der Waals surface area contributed by atoms with Gasteiger partial charge in [0, 0.05) is 45.8 Å². The largest absolute Gasteiger partial charge is 0.456 e. The normalized spacial score (nSPS) is 25.1. The van der Waals surface area contributed by atoms with Gasteiger partial charge in [-0.1, -0.05) is 0 Å². The number of hydrogen-bond acceptors (Lipinski definition) is 5. The summed E-state index contributed by atoms with van der Waals surface area (Å²) in [7, 11) is 0. The van der Waals surface area contributed by atoms with Gasteiger partial charge in [0.2, 0.25) is 0 Å². The summed E-state index contributed by atoms with van der Waals surface area (Å²) in [6.07, 6.45) is 2.05. The molecule has 6 nitrogen and oxygen atoms in total. The van der Waals surface area contributed by atoms with E-state index in [-0.39, 0.29) is 12.5 Å². The lowest BCUT2D eigenvalue weighted by atomic mass is 10.2. The van der Waals surface area contributed by atoms with Gasteiger partial charge in [0.15, 0.2) is 6.61 Å². The number of carbonyl (C=O) groups is 2.